The molecule has 8 heteroatoms. The van der Waals surface area contributed by atoms with Crippen LogP contribution in [0.2, 0.25) is 0 Å². The summed E-state index contributed by atoms with van der Waals surface area (Å²) in [4.78, 5) is 28.7. The smallest absolute Gasteiger partial charge is 0.228 e. The van der Waals surface area contributed by atoms with Gasteiger partial charge in [0.1, 0.15) is 5.82 Å². The number of carbonyl (C=O) groups is 2. The van der Waals surface area contributed by atoms with Crippen LogP contribution in [0.15, 0.2) is 24.3 Å². The molecule has 0 spiro atoms. The summed E-state index contributed by atoms with van der Waals surface area (Å²) in [5, 5.41) is 7.43. The first kappa shape index (κ1) is 18.6. The van der Waals surface area contributed by atoms with Crippen molar-refractivity contribution in [2.45, 2.75) is 19.4 Å². The minimum atomic E-state index is -0.313. The van der Waals surface area contributed by atoms with Gasteiger partial charge in [-0.2, -0.15) is 5.10 Å². The molecule has 0 aliphatic carbocycles. The Morgan fingerprint density at radius 1 is 1.36 bits per heavy atom. The van der Waals surface area contributed by atoms with Crippen molar-refractivity contribution in [1.82, 2.24) is 20.0 Å². The number of halogens is 1. The lowest BCUT2D eigenvalue weighted by Gasteiger charge is -2.29. The highest BCUT2D eigenvalue weighted by Gasteiger charge is 2.37. The number of amides is 2. The highest BCUT2D eigenvalue weighted by molar-refractivity contribution is 5.89. The number of H-pyrrole nitrogens is 1. The minimum Gasteiger partial charge on any atom is -0.383 e. The number of hydrogen-bond acceptors (Lipinski definition) is 4. The van der Waals surface area contributed by atoms with E-state index in [0.29, 0.717) is 39.2 Å². The molecule has 2 amide bonds. The lowest BCUT2D eigenvalue weighted by molar-refractivity contribution is -0.136. The Morgan fingerprint density at radius 2 is 2.14 bits per heavy atom. The van der Waals surface area contributed by atoms with Crippen molar-refractivity contribution >= 4 is 11.8 Å². The molecule has 4 rings (SSSR count). The van der Waals surface area contributed by atoms with Crippen LogP contribution >= 0.6 is 0 Å². The second-order valence-electron chi connectivity index (χ2n) is 7.28. The second-order valence-corrected chi connectivity index (χ2v) is 7.28. The normalized spacial score (nSPS) is 19.2. The first-order valence-electron chi connectivity index (χ1n) is 9.44. The van der Waals surface area contributed by atoms with Crippen molar-refractivity contribution in [1.29, 1.82) is 0 Å². The summed E-state index contributed by atoms with van der Waals surface area (Å²) in [5.74, 6) is -0.602. The quantitative estimate of drug-likeness (QED) is 0.847. The first-order chi connectivity index (χ1) is 13.6. The zero-order chi connectivity index (χ0) is 19.7. The molecular formula is C20H23FN4O3. The van der Waals surface area contributed by atoms with Crippen molar-refractivity contribution in [2.75, 3.05) is 33.4 Å². The predicted molar refractivity (Wildman–Crippen MR) is 99.7 cm³/mol. The van der Waals surface area contributed by atoms with Crippen LogP contribution in [-0.2, 0) is 27.3 Å². The van der Waals surface area contributed by atoms with Crippen molar-refractivity contribution < 1.29 is 18.7 Å². The average Bonchev–Trinajstić information content (AvgIpc) is 3.29. The Bertz CT molecular complexity index is 880. The summed E-state index contributed by atoms with van der Waals surface area (Å²) < 4.78 is 18.3. The number of hydrogen-bond donors (Lipinski definition) is 1. The molecule has 7 nitrogen and oxygen atoms in total. The summed E-state index contributed by atoms with van der Waals surface area (Å²) in [7, 11) is 1.60. The number of methoxy groups -OCH3 is 1. The maximum absolute atomic E-state index is 13.2. The van der Waals surface area contributed by atoms with Gasteiger partial charge in [0.2, 0.25) is 11.8 Å². The standard InChI is InChI=1S/C20H23FN4O3/c1-28-9-8-24-11-14(10-18(24)26)20(27)25-7-6-17-16(12-25)19(23-22-17)13-2-4-15(21)5-3-13/h2-5,14H,6-12H2,1H3,(H,22,23)/t14-/m0/s1. The third-order valence-corrected chi connectivity index (χ3v) is 5.49. The lowest BCUT2D eigenvalue weighted by Crippen LogP contribution is -2.40. The van der Waals surface area contributed by atoms with Crippen LogP contribution in [-0.4, -0.2) is 65.2 Å². The highest BCUT2D eigenvalue weighted by Crippen LogP contribution is 2.30. The van der Waals surface area contributed by atoms with Crippen molar-refractivity contribution in [3.8, 4) is 11.3 Å². The SMILES string of the molecule is COCCN1C[C@@H](C(=O)N2CCc3[nH]nc(-c4ccc(F)cc4)c3C2)CC1=O. The van der Waals surface area contributed by atoms with Crippen LogP contribution in [0.25, 0.3) is 11.3 Å². The number of ether oxygens (including phenoxy) is 1. The fourth-order valence-electron chi connectivity index (χ4n) is 3.94. The van der Waals surface area contributed by atoms with E-state index in [4.69, 9.17) is 4.74 Å². The molecule has 0 bridgehead atoms. The second kappa shape index (κ2) is 7.71. The van der Waals surface area contributed by atoms with Crippen LogP contribution in [0.5, 0.6) is 0 Å². The molecule has 1 N–H and O–H groups in total. The predicted octanol–water partition coefficient (Wildman–Crippen LogP) is 1.60. The summed E-state index contributed by atoms with van der Waals surface area (Å²) in [6.45, 7) is 2.47. The van der Waals surface area contributed by atoms with Crippen LogP contribution < -0.4 is 0 Å². The molecule has 2 aromatic rings. The van der Waals surface area contributed by atoms with Gasteiger partial charge >= 0.3 is 0 Å². The van der Waals surface area contributed by atoms with E-state index in [1.807, 2.05) is 4.90 Å². The van der Waals surface area contributed by atoms with E-state index in [9.17, 15) is 14.0 Å². The van der Waals surface area contributed by atoms with Crippen molar-refractivity contribution in [3.63, 3.8) is 0 Å². The maximum Gasteiger partial charge on any atom is 0.228 e. The van der Waals surface area contributed by atoms with Gasteiger partial charge in [-0.05, 0) is 24.3 Å². The van der Waals surface area contributed by atoms with Gasteiger partial charge in [-0.3, -0.25) is 14.7 Å². The molecule has 0 radical (unpaired) electrons. The average molecular weight is 386 g/mol. The van der Waals surface area contributed by atoms with E-state index in [1.165, 1.54) is 12.1 Å². The molecule has 1 fully saturated rings. The molecule has 1 aromatic heterocycles. The molecule has 148 valence electrons. The van der Waals surface area contributed by atoms with E-state index in [2.05, 4.69) is 10.2 Å². The lowest BCUT2D eigenvalue weighted by atomic mass is 9.99. The molecular weight excluding hydrogens is 363 g/mol. The van der Waals surface area contributed by atoms with Gasteiger partial charge in [0.25, 0.3) is 0 Å². The van der Waals surface area contributed by atoms with Gasteiger partial charge in [0, 0.05) is 63.0 Å². The Kier molecular flexibility index (Phi) is 5.13. The summed E-state index contributed by atoms with van der Waals surface area (Å²) in [5.41, 5.74) is 3.53. The molecule has 1 saturated heterocycles. The van der Waals surface area contributed by atoms with Gasteiger partial charge in [0.15, 0.2) is 0 Å². The summed E-state index contributed by atoms with van der Waals surface area (Å²) in [6, 6.07) is 6.19. The van der Waals surface area contributed by atoms with Crippen molar-refractivity contribution in [3.05, 3.63) is 41.3 Å². The van der Waals surface area contributed by atoms with Crippen LogP contribution in [0.4, 0.5) is 4.39 Å². The van der Waals surface area contributed by atoms with Gasteiger partial charge in [-0.25, -0.2) is 4.39 Å². The fraction of sp³-hybridized carbons (Fsp3) is 0.450. The maximum atomic E-state index is 13.2. The minimum absolute atomic E-state index is 0.00316. The van der Waals surface area contributed by atoms with E-state index in [1.54, 1.807) is 24.1 Å². The molecule has 0 saturated carbocycles. The van der Waals surface area contributed by atoms with E-state index in [0.717, 1.165) is 22.5 Å². The number of benzene rings is 1. The van der Waals surface area contributed by atoms with Crippen LogP contribution in [0.1, 0.15) is 17.7 Å². The molecule has 2 aliphatic heterocycles. The number of carbonyl (C=O) groups excluding carboxylic acids is 2. The molecule has 28 heavy (non-hydrogen) atoms. The summed E-state index contributed by atoms with van der Waals surface area (Å²) >= 11 is 0. The number of rotatable bonds is 5. The number of likely N-dealkylation sites (tertiary alicyclic amines) is 1. The number of aromatic nitrogens is 2. The Balaban J connectivity index is 1.48. The molecule has 0 unspecified atom stereocenters. The largest absolute Gasteiger partial charge is 0.383 e. The van der Waals surface area contributed by atoms with Gasteiger partial charge in [-0.1, -0.05) is 0 Å². The van der Waals surface area contributed by atoms with E-state index < -0.39 is 0 Å². The highest BCUT2D eigenvalue weighted by atomic mass is 19.1. The van der Waals surface area contributed by atoms with E-state index >= 15 is 0 Å². The third-order valence-electron chi connectivity index (χ3n) is 5.49. The Morgan fingerprint density at radius 3 is 2.89 bits per heavy atom. The van der Waals surface area contributed by atoms with Gasteiger partial charge in [-0.15, -0.1) is 0 Å². The zero-order valence-corrected chi connectivity index (χ0v) is 15.8. The summed E-state index contributed by atoms with van der Waals surface area (Å²) in [6.07, 6.45) is 0.936. The zero-order valence-electron chi connectivity index (χ0n) is 15.8. The molecule has 2 aliphatic rings. The topological polar surface area (TPSA) is 78.5 Å². The van der Waals surface area contributed by atoms with Gasteiger partial charge in [0.05, 0.1) is 18.2 Å². The number of fused-ring (bicyclic) bond motifs is 1. The monoisotopic (exact) mass is 386 g/mol. The Hall–Kier alpha value is -2.74. The van der Waals surface area contributed by atoms with Crippen LogP contribution in [0, 0.1) is 11.7 Å². The Labute approximate surface area is 162 Å². The van der Waals surface area contributed by atoms with Crippen LogP contribution in [0.3, 0.4) is 0 Å². The number of nitrogens with one attached hydrogen (secondary N) is 1. The third kappa shape index (κ3) is 3.52. The fourth-order valence-corrected chi connectivity index (χ4v) is 3.94. The molecule has 3 heterocycles. The van der Waals surface area contributed by atoms with Crippen molar-refractivity contribution in [2.24, 2.45) is 5.92 Å². The first-order valence-corrected chi connectivity index (χ1v) is 9.44. The number of aromatic amines is 1. The number of nitrogens with zero attached hydrogens (tertiary/aromatic N) is 3. The molecule has 1 atom stereocenters. The van der Waals surface area contributed by atoms with Gasteiger partial charge < -0.3 is 14.5 Å². The molecule has 1 aromatic carbocycles. The van der Waals surface area contributed by atoms with E-state index in [-0.39, 0.29) is 30.0 Å².